The highest BCUT2D eigenvalue weighted by molar-refractivity contribution is 5.92. The number of carboxylic acid groups (broad SMARTS) is 1. The van der Waals surface area contributed by atoms with Gasteiger partial charge < -0.3 is 25.0 Å². The summed E-state index contributed by atoms with van der Waals surface area (Å²) in [4.78, 5) is 50.7. The van der Waals surface area contributed by atoms with Crippen molar-refractivity contribution in [3.8, 4) is 0 Å². The number of likely N-dealkylation sites (tertiary alicyclic amines) is 1. The fourth-order valence-corrected chi connectivity index (χ4v) is 3.18. The van der Waals surface area contributed by atoms with E-state index in [1.165, 1.54) is 24.0 Å². The first-order chi connectivity index (χ1) is 13.3. The number of rotatable bonds is 7. The third kappa shape index (κ3) is 5.45. The van der Waals surface area contributed by atoms with Crippen molar-refractivity contribution in [1.29, 1.82) is 0 Å². The molecular formula is C19H25N3O6. The summed E-state index contributed by atoms with van der Waals surface area (Å²) in [5.74, 6) is -1.43. The molecule has 9 nitrogen and oxygen atoms in total. The molecule has 0 radical (unpaired) electrons. The molecule has 1 heterocycles. The molecule has 2 rings (SSSR count). The van der Waals surface area contributed by atoms with E-state index in [4.69, 9.17) is 0 Å². The van der Waals surface area contributed by atoms with Crippen LogP contribution >= 0.6 is 0 Å². The smallest absolute Gasteiger partial charge is 0.407 e. The van der Waals surface area contributed by atoms with Crippen molar-refractivity contribution in [3.05, 3.63) is 35.9 Å². The molecule has 0 spiro atoms. The number of carbonyl (C=O) groups excluding carboxylic acids is 3. The number of nitrogens with zero attached hydrogens (tertiary/aromatic N) is 2. The van der Waals surface area contributed by atoms with Crippen LogP contribution in [0.15, 0.2) is 30.3 Å². The summed E-state index contributed by atoms with van der Waals surface area (Å²) in [5.41, 5.74) is 0.844. The summed E-state index contributed by atoms with van der Waals surface area (Å²) in [6.45, 7) is 0.0748. The molecule has 1 fully saturated rings. The van der Waals surface area contributed by atoms with Gasteiger partial charge in [-0.15, -0.1) is 0 Å². The molecule has 0 unspecified atom stereocenters. The fraction of sp³-hybridized carbons (Fsp3) is 0.474. The molecule has 28 heavy (non-hydrogen) atoms. The lowest BCUT2D eigenvalue weighted by atomic mass is 10.0. The van der Waals surface area contributed by atoms with Crippen LogP contribution in [-0.2, 0) is 20.7 Å². The van der Waals surface area contributed by atoms with Crippen LogP contribution in [0.4, 0.5) is 9.59 Å². The number of hydrogen-bond acceptors (Lipinski definition) is 5. The number of methoxy groups -OCH3 is 1. The number of urea groups is 1. The monoisotopic (exact) mass is 391 g/mol. The van der Waals surface area contributed by atoms with Crippen molar-refractivity contribution in [2.24, 2.45) is 0 Å². The van der Waals surface area contributed by atoms with Gasteiger partial charge in [-0.1, -0.05) is 30.3 Å². The number of likely N-dealkylation sites (N-methyl/N-ethyl adjacent to an activating group) is 1. The number of benzene rings is 1. The van der Waals surface area contributed by atoms with Crippen LogP contribution in [0.3, 0.4) is 0 Å². The maximum absolute atomic E-state index is 12.7. The second-order valence-corrected chi connectivity index (χ2v) is 6.67. The van der Waals surface area contributed by atoms with Gasteiger partial charge in [-0.05, 0) is 24.8 Å². The molecule has 3 amide bonds. The quantitative estimate of drug-likeness (QED) is 0.720. The van der Waals surface area contributed by atoms with Crippen LogP contribution in [0, 0.1) is 0 Å². The van der Waals surface area contributed by atoms with Crippen LogP contribution < -0.4 is 5.32 Å². The van der Waals surface area contributed by atoms with Gasteiger partial charge in [0.1, 0.15) is 6.04 Å². The molecule has 1 aliphatic heterocycles. The average molecular weight is 391 g/mol. The number of Topliss-reactive ketones (excluding diaryl/α,β-unsaturated/α-hetero) is 1. The van der Waals surface area contributed by atoms with Crippen molar-refractivity contribution >= 4 is 23.9 Å². The maximum atomic E-state index is 12.7. The van der Waals surface area contributed by atoms with E-state index in [9.17, 15) is 24.3 Å². The zero-order chi connectivity index (χ0) is 20.7. The summed E-state index contributed by atoms with van der Waals surface area (Å²) >= 11 is 0. The van der Waals surface area contributed by atoms with Crippen LogP contribution in [-0.4, -0.2) is 78.1 Å². The van der Waals surface area contributed by atoms with Crippen molar-refractivity contribution in [2.45, 2.75) is 31.3 Å². The molecule has 2 atom stereocenters. The Morgan fingerprint density at radius 1 is 1.29 bits per heavy atom. The summed E-state index contributed by atoms with van der Waals surface area (Å²) < 4.78 is 4.59. The Labute approximate surface area is 163 Å². The second kappa shape index (κ2) is 9.72. The van der Waals surface area contributed by atoms with Crippen molar-refractivity contribution in [1.82, 2.24) is 15.1 Å². The predicted molar refractivity (Wildman–Crippen MR) is 99.9 cm³/mol. The van der Waals surface area contributed by atoms with Crippen LogP contribution in [0.1, 0.15) is 18.4 Å². The van der Waals surface area contributed by atoms with E-state index in [-0.39, 0.29) is 18.7 Å². The minimum absolute atomic E-state index is 0.248. The minimum atomic E-state index is -1.06. The van der Waals surface area contributed by atoms with Gasteiger partial charge in [0, 0.05) is 13.6 Å². The van der Waals surface area contributed by atoms with Gasteiger partial charge in [-0.25, -0.2) is 14.4 Å². The first-order valence-corrected chi connectivity index (χ1v) is 8.99. The number of aliphatic carboxylic acids is 1. The molecule has 1 saturated heterocycles. The third-order valence-electron chi connectivity index (χ3n) is 4.65. The van der Waals surface area contributed by atoms with Gasteiger partial charge in [0.05, 0.1) is 19.7 Å². The van der Waals surface area contributed by atoms with E-state index in [1.807, 2.05) is 30.3 Å². The number of carbonyl (C=O) groups is 4. The largest absolute Gasteiger partial charge is 0.480 e. The Morgan fingerprint density at radius 3 is 2.57 bits per heavy atom. The molecule has 2 N–H and O–H groups in total. The Kier molecular flexibility index (Phi) is 7.36. The standard InChI is InChI=1S/C19H25N3O6/c1-21(19(27)22-10-6-9-15(22)17(24)25)12-16(23)14(20-18(26)28-2)11-13-7-4-3-5-8-13/h3-5,7-8,14-15H,6,9-12H2,1-2H3,(H,20,26)(H,24,25)/t14-,15-/m0/s1. The molecule has 152 valence electrons. The lowest BCUT2D eigenvalue weighted by Crippen LogP contribution is -2.51. The van der Waals surface area contributed by atoms with Crippen LogP contribution in [0.5, 0.6) is 0 Å². The first-order valence-electron chi connectivity index (χ1n) is 8.99. The molecule has 0 aliphatic carbocycles. The van der Waals surface area contributed by atoms with E-state index < -0.39 is 30.2 Å². The molecule has 1 aromatic rings. The highest BCUT2D eigenvalue weighted by Gasteiger charge is 2.36. The number of nitrogens with one attached hydrogen (secondary N) is 1. The van der Waals surface area contributed by atoms with Gasteiger partial charge in [-0.2, -0.15) is 0 Å². The Balaban J connectivity index is 2.05. The summed E-state index contributed by atoms with van der Waals surface area (Å²) in [6.07, 6.45) is 0.501. The third-order valence-corrected chi connectivity index (χ3v) is 4.65. The van der Waals surface area contributed by atoms with Crippen LogP contribution in [0.25, 0.3) is 0 Å². The number of carboxylic acids is 1. The Morgan fingerprint density at radius 2 is 1.96 bits per heavy atom. The van der Waals surface area contributed by atoms with E-state index in [2.05, 4.69) is 10.1 Å². The van der Waals surface area contributed by atoms with E-state index in [0.29, 0.717) is 19.4 Å². The van der Waals surface area contributed by atoms with Gasteiger partial charge >= 0.3 is 18.1 Å². The SMILES string of the molecule is COC(=O)N[C@@H](Cc1ccccc1)C(=O)CN(C)C(=O)N1CCC[C@H]1C(=O)O. The fourth-order valence-electron chi connectivity index (χ4n) is 3.18. The average Bonchev–Trinajstić information content (AvgIpc) is 3.17. The molecular weight excluding hydrogens is 366 g/mol. The number of amides is 3. The van der Waals surface area contributed by atoms with Crippen molar-refractivity contribution < 1.29 is 29.0 Å². The first kappa shape index (κ1) is 21.2. The predicted octanol–water partition coefficient (Wildman–Crippen LogP) is 1.12. The van der Waals surface area contributed by atoms with Crippen molar-refractivity contribution in [2.75, 3.05) is 27.2 Å². The molecule has 1 aromatic carbocycles. The van der Waals surface area contributed by atoms with E-state index in [1.54, 1.807) is 0 Å². The van der Waals surface area contributed by atoms with Crippen LogP contribution in [0.2, 0.25) is 0 Å². The Bertz CT molecular complexity index is 724. The molecule has 9 heteroatoms. The zero-order valence-electron chi connectivity index (χ0n) is 16.0. The topological polar surface area (TPSA) is 116 Å². The number of ether oxygens (including phenoxy) is 1. The number of alkyl carbamates (subject to hydrolysis) is 1. The summed E-state index contributed by atoms with van der Waals surface area (Å²) in [7, 11) is 2.64. The van der Waals surface area contributed by atoms with E-state index >= 15 is 0 Å². The molecule has 0 bridgehead atoms. The zero-order valence-corrected chi connectivity index (χ0v) is 16.0. The van der Waals surface area contributed by atoms with Gasteiger partial charge in [0.2, 0.25) is 0 Å². The minimum Gasteiger partial charge on any atom is -0.480 e. The molecule has 0 saturated carbocycles. The van der Waals surface area contributed by atoms with Gasteiger partial charge in [-0.3, -0.25) is 4.79 Å². The van der Waals surface area contributed by atoms with Gasteiger partial charge in [0.15, 0.2) is 5.78 Å². The normalized spacial score (nSPS) is 16.9. The van der Waals surface area contributed by atoms with Crippen molar-refractivity contribution in [3.63, 3.8) is 0 Å². The lowest BCUT2D eigenvalue weighted by molar-refractivity contribution is -0.141. The van der Waals surface area contributed by atoms with Gasteiger partial charge in [0.25, 0.3) is 0 Å². The molecule has 0 aromatic heterocycles. The highest BCUT2D eigenvalue weighted by Crippen LogP contribution is 2.19. The number of ketones is 1. The maximum Gasteiger partial charge on any atom is 0.407 e. The second-order valence-electron chi connectivity index (χ2n) is 6.67. The highest BCUT2D eigenvalue weighted by atomic mass is 16.5. The Hall–Kier alpha value is -3.10. The summed E-state index contributed by atoms with van der Waals surface area (Å²) in [6, 6.07) is 6.88. The van der Waals surface area contributed by atoms with E-state index in [0.717, 1.165) is 5.56 Å². The lowest BCUT2D eigenvalue weighted by Gasteiger charge is -2.28. The molecule has 1 aliphatic rings. The summed E-state index contributed by atoms with van der Waals surface area (Å²) in [5, 5.41) is 11.7. The number of hydrogen-bond donors (Lipinski definition) is 2.